The maximum Gasteiger partial charge on any atom is 0.306 e. The minimum Gasteiger partial charge on any atom is -0.756 e. The maximum absolute atomic E-state index is 12.8. The van der Waals surface area contributed by atoms with E-state index in [4.69, 9.17) is 18.5 Å². The van der Waals surface area contributed by atoms with Crippen molar-refractivity contribution >= 4 is 13.8 Å². The Morgan fingerprint density at radius 1 is 0.415 bits per heavy atom. The molecule has 0 aromatic rings. The number of likely N-dealkylation sites (N-methyl/N-ethyl adjacent to an activating group) is 1. The van der Waals surface area contributed by atoms with Gasteiger partial charge in [-0.25, -0.2) is 0 Å². The molecule has 390 valence electrons. The van der Waals surface area contributed by atoms with Gasteiger partial charge in [0.2, 0.25) is 0 Å². The van der Waals surface area contributed by atoms with Gasteiger partial charge in [-0.3, -0.25) is 9.36 Å². The first-order valence-electron chi connectivity index (χ1n) is 28.8. The van der Waals surface area contributed by atoms with Crippen molar-refractivity contribution in [1.29, 1.82) is 0 Å². The number of phosphoric ester groups is 1. The van der Waals surface area contributed by atoms with Crippen molar-refractivity contribution in [2.75, 3.05) is 54.1 Å². The summed E-state index contributed by atoms with van der Waals surface area (Å²) in [6, 6.07) is 0. The molecular formula is C56H114NO7P. The number of hydrogen-bond acceptors (Lipinski definition) is 7. The van der Waals surface area contributed by atoms with Crippen LogP contribution in [0.2, 0.25) is 0 Å². The molecule has 0 aromatic heterocycles. The lowest BCUT2D eigenvalue weighted by molar-refractivity contribution is -0.870. The van der Waals surface area contributed by atoms with Crippen LogP contribution in [0.15, 0.2) is 0 Å². The van der Waals surface area contributed by atoms with Gasteiger partial charge in [-0.2, -0.15) is 0 Å². The van der Waals surface area contributed by atoms with E-state index in [1.165, 1.54) is 244 Å². The Hall–Kier alpha value is -0.500. The zero-order chi connectivity index (χ0) is 47.6. The molecule has 65 heavy (non-hydrogen) atoms. The molecule has 0 aliphatic rings. The van der Waals surface area contributed by atoms with Crippen LogP contribution < -0.4 is 4.89 Å². The van der Waals surface area contributed by atoms with Gasteiger partial charge in [-0.15, -0.1) is 0 Å². The summed E-state index contributed by atoms with van der Waals surface area (Å²) in [5.41, 5.74) is 0. The molecule has 0 bridgehead atoms. The summed E-state index contributed by atoms with van der Waals surface area (Å²) in [4.78, 5) is 25.2. The number of carbonyl (C=O) groups excluding carboxylic acids is 1. The molecule has 0 radical (unpaired) electrons. The molecule has 2 unspecified atom stereocenters. The average molecular weight is 945 g/mol. The zero-order valence-corrected chi connectivity index (χ0v) is 45.4. The number of quaternary nitrogens is 1. The Labute approximate surface area is 406 Å². The zero-order valence-electron chi connectivity index (χ0n) is 44.5. The summed E-state index contributed by atoms with van der Waals surface area (Å²) in [6.07, 6.45) is 57.1. The molecule has 0 amide bonds. The Bertz CT molecular complexity index is 1010. The van der Waals surface area contributed by atoms with Crippen LogP contribution in [0, 0.1) is 0 Å². The second-order valence-electron chi connectivity index (χ2n) is 21.0. The van der Waals surface area contributed by atoms with Crippen molar-refractivity contribution in [1.82, 2.24) is 0 Å². The largest absolute Gasteiger partial charge is 0.756 e. The molecule has 0 N–H and O–H groups in total. The number of hydrogen-bond donors (Lipinski definition) is 0. The van der Waals surface area contributed by atoms with Crippen LogP contribution in [0.5, 0.6) is 0 Å². The molecule has 0 rings (SSSR count). The molecule has 9 heteroatoms. The molecule has 0 fully saturated rings. The second-order valence-corrected chi connectivity index (χ2v) is 22.4. The monoisotopic (exact) mass is 944 g/mol. The first-order chi connectivity index (χ1) is 31.6. The number of esters is 1. The predicted molar refractivity (Wildman–Crippen MR) is 278 cm³/mol. The third kappa shape index (κ3) is 54.3. The fourth-order valence-electron chi connectivity index (χ4n) is 8.73. The summed E-state index contributed by atoms with van der Waals surface area (Å²) >= 11 is 0. The second kappa shape index (κ2) is 49.9. The molecule has 8 nitrogen and oxygen atoms in total. The molecular weight excluding hydrogens is 830 g/mol. The van der Waals surface area contributed by atoms with Crippen LogP contribution >= 0.6 is 7.82 Å². The van der Waals surface area contributed by atoms with E-state index in [0.29, 0.717) is 24.1 Å². The van der Waals surface area contributed by atoms with Crippen LogP contribution in [0.4, 0.5) is 0 Å². The van der Waals surface area contributed by atoms with Crippen molar-refractivity contribution < 1.29 is 37.3 Å². The van der Waals surface area contributed by atoms with E-state index in [0.717, 1.165) is 32.1 Å². The molecule has 2 atom stereocenters. The smallest absolute Gasteiger partial charge is 0.306 e. The number of carbonyl (C=O) groups is 1. The van der Waals surface area contributed by atoms with E-state index >= 15 is 0 Å². The highest BCUT2D eigenvalue weighted by Gasteiger charge is 2.20. The minimum absolute atomic E-state index is 0.0320. The van der Waals surface area contributed by atoms with Gasteiger partial charge >= 0.3 is 5.97 Å². The van der Waals surface area contributed by atoms with Gasteiger partial charge in [-0.05, 0) is 12.8 Å². The number of rotatable bonds is 55. The van der Waals surface area contributed by atoms with Gasteiger partial charge < -0.3 is 27.9 Å². The van der Waals surface area contributed by atoms with E-state index in [-0.39, 0.29) is 25.8 Å². The van der Waals surface area contributed by atoms with Crippen molar-refractivity contribution in [2.24, 2.45) is 0 Å². The van der Waals surface area contributed by atoms with Gasteiger partial charge in [0.25, 0.3) is 7.82 Å². The summed E-state index contributed by atoms with van der Waals surface area (Å²) in [5, 5.41) is 0. The highest BCUT2D eigenvalue weighted by atomic mass is 31.2. The standard InChI is InChI=1S/C56H114NO7P/c1-6-8-10-12-14-16-18-20-22-24-26-28-29-31-33-35-37-39-41-43-45-47-49-56(58)64-55(54-63-65(59,60)62-52-50-57(3,4)5)53-61-51-48-46-44-42-40-38-36-34-32-30-27-25-23-21-19-17-15-13-11-9-7-2/h55H,6-54H2,1-5H3. The topological polar surface area (TPSA) is 94.1 Å². The Morgan fingerprint density at radius 2 is 0.708 bits per heavy atom. The minimum atomic E-state index is -4.53. The molecule has 0 aliphatic heterocycles. The summed E-state index contributed by atoms with van der Waals surface area (Å²) in [7, 11) is 1.38. The van der Waals surface area contributed by atoms with E-state index in [1.54, 1.807) is 0 Å². The van der Waals surface area contributed by atoms with Gasteiger partial charge in [0.1, 0.15) is 19.3 Å². The number of unbranched alkanes of at least 4 members (excludes halogenated alkanes) is 41. The van der Waals surface area contributed by atoms with Crippen molar-refractivity contribution in [2.45, 2.75) is 302 Å². The Morgan fingerprint density at radius 3 is 1.02 bits per heavy atom. The van der Waals surface area contributed by atoms with Crippen molar-refractivity contribution in [3.05, 3.63) is 0 Å². The number of phosphoric acid groups is 1. The van der Waals surface area contributed by atoms with Crippen LogP contribution in [0.25, 0.3) is 0 Å². The molecule has 0 heterocycles. The van der Waals surface area contributed by atoms with Gasteiger partial charge in [-0.1, -0.05) is 277 Å². The highest BCUT2D eigenvalue weighted by Crippen LogP contribution is 2.38. The van der Waals surface area contributed by atoms with Crippen molar-refractivity contribution in [3.63, 3.8) is 0 Å². The van der Waals surface area contributed by atoms with E-state index in [2.05, 4.69) is 13.8 Å². The average Bonchev–Trinajstić information content (AvgIpc) is 3.27. The summed E-state index contributed by atoms with van der Waals surface area (Å²) < 4.78 is 34.9. The number of ether oxygens (including phenoxy) is 2. The predicted octanol–water partition coefficient (Wildman–Crippen LogP) is 17.3. The number of nitrogens with zero attached hydrogens (tertiary/aromatic N) is 1. The molecule has 0 spiro atoms. The molecule has 0 saturated heterocycles. The van der Waals surface area contributed by atoms with Gasteiger partial charge in [0, 0.05) is 13.0 Å². The molecule has 0 saturated carbocycles. The van der Waals surface area contributed by atoms with Crippen LogP contribution in [-0.2, 0) is 27.9 Å². The van der Waals surface area contributed by atoms with E-state index < -0.39 is 13.9 Å². The van der Waals surface area contributed by atoms with E-state index in [1.807, 2.05) is 21.1 Å². The Kier molecular flexibility index (Phi) is 49.5. The lowest BCUT2D eigenvalue weighted by Gasteiger charge is -2.28. The summed E-state index contributed by atoms with van der Waals surface area (Å²) in [5.74, 6) is -0.323. The lowest BCUT2D eigenvalue weighted by atomic mass is 10.0. The molecule has 0 aliphatic carbocycles. The SMILES string of the molecule is CCCCCCCCCCCCCCCCCCCCCCCCC(=O)OC(COCCCCCCCCCCCCCCCCCCCCCCC)COP(=O)([O-])OCC[N+](C)(C)C. The van der Waals surface area contributed by atoms with Crippen LogP contribution in [0.1, 0.15) is 296 Å². The fraction of sp³-hybridized carbons (Fsp3) is 0.982. The molecule has 0 aromatic carbocycles. The normalized spacial score (nSPS) is 13.4. The van der Waals surface area contributed by atoms with Crippen LogP contribution in [-0.4, -0.2) is 70.7 Å². The first-order valence-corrected chi connectivity index (χ1v) is 30.2. The van der Waals surface area contributed by atoms with Gasteiger partial charge in [0.15, 0.2) is 0 Å². The maximum atomic E-state index is 12.8. The van der Waals surface area contributed by atoms with Gasteiger partial charge in [0.05, 0.1) is 34.4 Å². The highest BCUT2D eigenvalue weighted by molar-refractivity contribution is 7.45. The summed E-state index contributed by atoms with van der Waals surface area (Å²) in [6.45, 7) is 5.51. The first kappa shape index (κ1) is 64.5. The quantitative estimate of drug-likeness (QED) is 0.0259. The van der Waals surface area contributed by atoms with Crippen molar-refractivity contribution in [3.8, 4) is 0 Å². The Balaban J connectivity index is 4.01. The third-order valence-corrected chi connectivity index (χ3v) is 14.1. The van der Waals surface area contributed by atoms with Crippen LogP contribution in [0.3, 0.4) is 0 Å². The fourth-order valence-corrected chi connectivity index (χ4v) is 9.46. The third-order valence-electron chi connectivity index (χ3n) is 13.2. The lowest BCUT2D eigenvalue weighted by Crippen LogP contribution is -2.37. The van der Waals surface area contributed by atoms with E-state index in [9.17, 15) is 14.3 Å².